The zero-order valence-electron chi connectivity index (χ0n) is 6.71. The number of benzene rings is 1. The van der Waals surface area contributed by atoms with E-state index < -0.39 is 11.8 Å². The molecule has 0 radical (unpaired) electrons. The number of hydrogen-bond donors (Lipinski definition) is 2. The van der Waals surface area contributed by atoms with Gasteiger partial charge in [-0.1, -0.05) is 11.6 Å². The first kappa shape index (κ1) is 8.96. The predicted molar refractivity (Wildman–Crippen MR) is 48.0 cm³/mol. The largest absolute Gasteiger partial charge is 0.476 e. The first-order chi connectivity index (χ1) is 6.59. The van der Waals surface area contributed by atoms with Crippen LogP contribution in [-0.2, 0) is 0 Å². The Morgan fingerprint density at radius 3 is 2.93 bits per heavy atom. The van der Waals surface area contributed by atoms with Gasteiger partial charge in [0.05, 0.1) is 10.9 Å². The fourth-order valence-electron chi connectivity index (χ4n) is 1.23. The van der Waals surface area contributed by atoms with E-state index in [9.17, 15) is 9.18 Å². The lowest BCUT2D eigenvalue weighted by Gasteiger charge is -1.94. The number of nitrogens with one attached hydrogen (secondary N) is 1. The topological polar surface area (TPSA) is 66.0 Å². The minimum atomic E-state index is -1.28. The summed E-state index contributed by atoms with van der Waals surface area (Å²) in [6.45, 7) is 0. The van der Waals surface area contributed by atoms with Crippen LogP contribution in [0.1, 0.15) is 10.5 Å². The molecule has 6 heteroatoms. The minimum Gasteiger partial charge on any atom is -0.476 e. The number of H-pyrrole nitrogens is 1. The van der Waals surface area contributed by atoms with E-state index in [-0.39, 0.29) is 21.6 Å². The highest BCUT2D eigenvalue weighted by molar-refractivity contribution is 6.31. The van der Waals surface area contributed by atoms with E-state index in [4.69, 9.17) is 16.7 Å². The van der Waals surface area contributed by atoms with Gasteiger partial charge in [0.15, 0.2) is 5.69 Å². The summed E-state index contributed by atoms with van der Waals surface area (Å²) >= 11 is 5.58. The highest BCUT2D eigenvalue weighted by Crippen LogP contribution is 2.23. The van der Waals surface area contributed by atoms with Gasteiger partial charge in [-0.3, -0.25) is 5.10 Å². The Kier molecular flexibility index (Phi) is 1.89. The molecule has 0 bridgehead atoms. The van der Waals surface area contributed by atoms with Gasteiger partial charge in [-0.15, -0.1) is 0 Å². The van der Waals surface area contributed by atoms with Crippen molar-refractivity contribution in [1.29, 1.82) is 0 Å². The van der Waals surface area contributed by atoms with Crippen LogP contribution in [0, 0.1) is 5.82 Å². The summed E-state index contributed by atoms with van der Waals surface area (Å²) in [6.07, 6.45) is 0. The van der Waals surface area contributed by atoms with Gasteiger partial charge in [0.1, 0.15) is 5.82 Å². The maximum Gasteiger partial charge on any atom is 0.357 e. The number of rotatable bonds is 1. The number of nitrogens with zero attached hydrogens (tertiary/aromatic N) is 1. The molecule has 0 aliphatic rings. The second-order valence-electron chi connectivity index (χ2n) is 2.69. The van der Waals surface area contributed by atoms with Crippen molar-refractivity contribution in [2.24, 2.45) is 0 Å². The van der Waals surface area contributed by atoms with Crippen LogP contribution in [0.3, 0.4) is 0 Å². The predicted octanol–water partition coefficient (Wildman–Crippen LogP) is 2.05. The van der Waals surface area contributed by atoms with Gasteiger partial charge in [-0.05, 0) is 12.1 Å². The molecule has 0 aliphatic heterocycles. The Hall–Kier alpha value is -1.62. The quantitative estimate of drug-likeness (QED) is 0.764. The lowest BCUT2D eigenvalue weighted by Crippen LogP contribution is -1.97. The molecule has 1 aromatic heterocycles. The van der Waals surface area contributed by atoms with Crippen LogP contribution < -0.4 is 0 Å². The molecular formula is C8H4ClFN2O2. The number of carbonyl (C=O) groups is 1. The van der Waals surface area contributed by atoms with E-state index in [0.717, 1.165) is 6.07 Å². The van der Waals surface area contributed by atoms with Crippen LogP contribution in [0.2, 0.25) is 5.02 Å². The molecule has 1 aromatic carbocycles. The smallest absolute Gasteiger partial charge is 0.357 e. The molecule has 72 valence electrons. The van der Waals surface area contributed by atoms with Crippen molar-refractivity contribution in [3.8, 4) is 0 Å². The van der Waals surface area contributed by atoms with Gasteiger partial charge in [0.25, 0.3) is 0 Å². The Balaban J connectivity index is 2.85. The van der Waals surface area contributed by atoms with Gasteiger partial charge in [0, 0.05) is 5.02 Å². The first-order valence-electron chi connectivity index (χ1n) is 3.66. The maximum absolute atomic E-state index is 13.3. The third kappa shape index (κ3) is 1.22. The molecule has 2 aromatic rings. The summed E-state index contributed by atoms with van der Waals surface area (Å²) in [6, 6.07) is 2.46. The third-order valence-corrected chi connectivity index (χ3v) is 2.00. The van der Waals surface area contributed by atoms with Gasteiger partial charge in [0.2, 0.25) is 0 Å². The monoisotopic (exact) mass is 214 g/mol. The fourth-order valence-corrected chi connectivity index (χ4v) is 1.43. The van der Waals surface area contributed by atoms with Crippen LogP contribution in [-0.4, -0.2) is 21.3 Å². The molecule has 0 amide bonds. The number of aromatic nitrogens is 2. The van der Waals surface area contributed by atoms with Crippen LogP contribution in [0.25, 0.3) is 10.9 Å². The Bertz CT molecular complexity index is 523. The van der Waals surface area contributed by atoms with Crippen molar-refractivity contribution in [1.82, 2.24) is 10.2 Å². The number of carboxylic acid groups (broad SMARTS) is 1. The number of fused-ring (bicyclic) bond motifs is 1. The molecule has 4 nitrogen and oxygen atoms in total. The lowest BCUT2D eigenvalue weighted by molar-refractivity contribution is 0.0692. The first-order valence-corrected chi connectivity index (χ1v) is 4.04. The molecule has 1 heterocycles. The summed E-state index contributed by atoms with van der Waals surface area (Å²) in [4.78, 5) is 10.6. The molecule has 0 spiro atoms. The molecule has 0 saturated heterocycles. The van der Waals surface area contributed by atoms with Crippen LogP contribution >= 0.6 is 11.6 Å². The number of aromatic amines is 1. The standard InChI is InChI=1S/C8H4ClFN2O2/c9-3-1-4(10)6-5(2-3)11-12-7(6)8(13)14/h1-2H,(H,11,12)(H,13,14). The zero-order chi connectivity index (χ0) is 10.3. The second kappa shape index (κ2) is 2.95. The molecule has 2 N–H and O–H groups in total. The summed E-state index contributed by atoms with van der Waals surface area (Å²) in [7, 11) is 0. The number of halogens is 2. The molecule has 0 saturated carbocycles. The molecule has 0 unspecified atom stereocenters. The molecule has 0 fully saturated rings. The van der Waals surface area contributed by atoms with Gasteiger partial charge < -0.3 is 5.11 Å². The molecule has 2 rings (SSSR count). The number of hydrogen-bond acceptors (Lipinski definition) is 2. The van der Waals surface area contributed by atoms with Crippen molar-refractivity contribution in [3.05, 3.63) is 28.7 Å². The summed E-state index contributed by atoms with van der Waals surface area (Å²) < 4.78 is 13.3. The normalized spacial score (nSPS) is 10.7. The van der Waals surface area contributed by atoms with Crippen LogP contribution in [0.5, 0.6) is 0 Å². The Labute approximate surface area is 82.3 Å². The van der Waals surface area contributed by atoms with Crippen molar-refractivity contribution < 1.29 is 14.3 Å². The van der Waals surface area contributed by atoms with E-state index >= 15 is 0 Å². The van der Waals surface area contributed by atoms with Crippen molar-refractivity contribution in [2.75, 3.05) is 0 Å². The summed E-state index contributed by atoms with van der Waals surface area (Å²) in [5.74, 6) is -1.98. The highest BCUT2D eigenvalue weighted by atomic mass is 35.5. The van der Waals surface area contributed by atoms with E-state index in [1.807, 2.05) is 0 Å². The molecule has 0 aliphatic carbocycles. The van der Waals surface area contributed by atoms with E-state index in [1.54, 1.807) is 0 Å². The van der Waals surface area contributed by atoms with Crippen LogP contribution in [0.15, 0.2) is 12.1 Å². The average molecular weight is 215 g/mol. The summed E-state index contributed by atoms with van der Waals surface area (Å²) in [5.41, 5.74) is -0.0680. The Morgan fingerprint density at radius 1 is 1.57 bits per heavy atom. The van der Waals surface area contributed by atoms with E-state index in [0.29, 0.717) is 0 Å². The molecule has 0 atom stereocenters. The second-order valence-corrected chi connectivity index (χ2v) is 3.12. The van der Waals surface area contributed by atoms with Crippen molar-refractivity contribution >= 4 is 28.5 Å². The SMILES string of the molecule is O=C(O)c1n[nH]c2cc(Cl)cc(F)c12. The number of aromatic carboxylic acids is 1. The molecular weight excluding hydrogens is 211 g/mol. The zero-order valence-corrected chi connectivity index (χ0v) is 7.47. The maximum atomic E-state index is 13.3. The average Bonchev–Trinajstić information content (AvgIpc) is 2.47. The minimum absolute atomic E-state index is 0.0538. The third-order valence-electron chi connectivity index (χ3n) is 1.78. The van der Waals surface area contributed by atoms with Gasteiger partial charge >= 0.3 is 5.97 Å². The van der Waals surface area contributed by atoms with E-state index in [2.05, 4.69) is 10.2 Å². The summed E-state index contributed by atoms with van der Waals surface area (Å²) in [5, 5.41) is 14.7. The van der Waals surface area contributed by atoms with Crippen molar-refractivity contribution in [2.45, 2.75) is 0 Å². The van der Waals surface area contributed by atoms with Crippen molar-refractivity contribution in [3.63, 3.8) is 0 Å². The fraction of sp³-hybridized carbons (Fsp3) is 0. The lowest BCUT2D eigenvalue weighted by atomic mass is 10.2. The molecule has 14 heavy (non-hydrogen) atoms. The van der Waals surface area contributed by atoms with Gasteiger partial charge in [-0.25, -0.2) is 9.18 Å². The van der Waals surface area contributed by atoms with E-state index in [1.165, 1.54) is 6.07 Å². The highest BCUT2D eigenvalue weighted by Gasteiger charge is 2.16. The van der Waals surface area contributed by atoms with Gasteiger partial charge in [-0.2, -0.15) is 5.10 Å². The number of carboxylic acids is 1. The van der Waals surface area contributed by atoms with Crippen LogP contribution in [0.4, 0.5) is 4.39 Å². The Morgan fingerprint density at radius 2 is 2.29 bits per heavy atom.